The molecular weight excluding hydrogens is 309 g/mol. The van der Waals surface area contributed by atoms with Crippen LogP contribution in [0, 0.1) is 5.92 Å². The molecule has 5 nitrogen and oxygen atoms in total. The van der Waals surface area contributed by atoms with Gasteiger partial charge in [-0.2, -0.15) is 18.3 Å². The molecule has 2 unspecified atom stereocenters. The molecular formula is C15H17F3N4O. The first-order valence-corrected chi connectivity index (χ1v) is 7.40. The summed E-state index contributed by atoms with van der Waals surface area (Å²) in [5, 5.41) is 4.05. The third-order valence-corrected chi connectivity index (χ3v) is 4.11. The summed E-state index contributed by atoms with van der Waals surface area (Å²) in [5.74, 6) is 0.835. The van der Waals surface area contributed by atoms with Crippen LogP contribution in [0.4, 0.5) is 13.2 Å². The molecule has 0 radical (unpaired) electrons. The van der Waals surface area contributed by atoms with Crippen molar-refractivity contribution in [3.8, 4) is 11.4 Å². The molecule has 0 N–H and O–H groups in total. The molecule has 2 aromatic heterocycles. The zero-order valence-corrected chi connectivity index (χ0v) is 12.6. The van der Waals surface area contributed by atoms with Crippen LogP contribution < -0.4 is 0 Å². The van der Waals surface area contributed by atoms with E-state index in [0.29, 0.717) is 23.6 Å². The minimum absolute atomic E-state index is 0.0930. The van der Waals surface area contributed by atoms with Crippen molar-refractivity contribution in [1.29, 1.82) is 0 Å². The third kappa shape index (κ3) is 3.69. The summed E-state index contributed by atoms with van der Waals surface area (Å²) in [4.78, 5) is 8.22. The molecule has 1 aliphatic carbocycles. The lowest BCUT2D eigenvalue weighted by molar-refractivity contribution is -0.143. The topological polar surface area (TPSA) is 52.8 Å². The number of pyridine rings is 1. The number of rotatable bonds is 5. The SMILES string of the molecule is COC1CCC1Cc1nc(-c2ccncc2)nn1CC(F)(F)F. The highest BCUT2D eigenvalue weighted by Gasteiger charge is 2.35. The standard InChI is InChI=1S/C15H17F3N4O/c1-23-12-3-2-11(12)8-13-20-14(10-4-6-19-7-5-10)21-22(13)9-15(16,17)18/h4-7,11-12H,2-3,8-9H2,1H3. The Balaban J connectivity index is 1.87. The molecule has 2 atom stereocenters. The number of hydrogen-bond donors (Lipinski definition) is 0. The monoisotopic (exact) mass is 326 g/mol. The van der Waals surface area contributed by atoms with E-state index in [1.54, 1.807) is 31.6 Å². The van der Waals surface area contributed by atoms with Gasteiger partial charge in [0.2, 0.25) is 0 Å². The number of halogens is 3. The van der Waals surface area contributed by atoms with Gasteiger partial charge in [0, 0.05) is 31.5 Å². The van der Waals surface area contributed by atoms with Crippen molar-refractivity contribution in [2.24, 2.45) is 5.92 Å². The molecule has 1 aliphatic rings. The van der Waals surface area contributed by atoms with Crippen LogP contribution in [0.15, 0.2) is 24.5 Å². The second kappa shape index (κ2) is 6.27. The molecule has 0 spiro atoms. The van der Waals surface area contributed by atoms with E-state index in [4.69, 9.17) is 4.74 Å². The number of hydrogen-bond acceptors (Lipinski definition) is 4. The second-order valence-electron chi connectivity index (χ2n) is 5.68. The molecule has 3 rings (SSSR count). The average Bonchev–Trinajstić information content (AvgIpc) is 2.86. The maximum absolute atomic E-state index is 12.8. The first-order valence-electron chi connectivity index (χ1n) is 7.40. The second-order valence-corrected chi connectivity index (χ2v) is 5.68. The Kier molecular flexibility index (Phi) is 4.34. The van der Waals surface area contributed by atoms with Crippen LogP contribution in [0.25, 0.3) is 11.4 Å². The van der Waals surface area contributed by atoms with Gasteiger partial charge >= 0.3 is 6.18 Å². The quantitative estimate of drug-likeness (QED) is 0.848. The van der Waals surface area contributed by atoms with Gasteiger partial charge in [-0.05, 0) is 30.9 Å². The minimum Gasteiger partial charge on any atom is -0.381 e. The Morgan fingerprint density at radius 2 is 2.00 bits per heavy atom. The predicted molar refractivity (Wildman–Crippen MR) is 76.5 cm³/mol. The Bertz CT molecular complexity index is 654. The molecule has 23 heavy (non-hydrogen) atoms. The fourth-order valence-electron chi connectivity index (χ4n) is 2.76. The Morgan fingerprint density at radius 1 is 1.26 bits per heavy atom. The number of ether oxygens (including phenoxy) is 1. The molecule has 0 aliphatic heterocycles. The summed E-state index contributed by atoms with van der Waals surface area (Å²) in [6, 6.07) is 3.36. The first-order chi connectivity index (χ1) is 11.0. The molecule has 0 saturated heterocycles. The highest BCUT2D eigenvalue weighted by atomic mass is 19.4. The maximum Gasteiger partial charge on any atom is 0.408 e. The Labute approximate surface area is 131 Å². The maximum atomic E-state index is 12.8. The Morgan fingerprint density at radius 3 is 2.57 bits per heavy atom. The van der Waals surface area contributed by atoms with E-state index in [2.05, 4.69) is 15.1 Å². The summed E-state index contributed by atoms with van der Waals surface area (Å²) in [5.41, 5.74) is 0.652. The Hall–Kier alpha value is -1.96. The smallest absolute Gasteiger partial charge is 0.381 e. The fourth-order valence-corrected chi connectivity index (χ4v) is 2.76. The van der Waals surface area contributed by atoms with Gasteiger partial charge in [0.25, 0.3) is 0 Å². The van der Waals surface area contributed by atoms with Crippen molar-refractivity contribution in [2.75, 3.05) is 7.11 Å². The van der Waals surface area contributed by atoms with E-state index in [1.165, 1.54) is 0 Å². The first kappa shape index (κ1) is 15.9. The normalized spacial score (nSPS) is 21.2. The zero-order valence-electron chi connectivity index (χ0n) is 12.6. The van der Waals surface area contributed by atoms with Gasteiger partial charge in [0.05, 0.1) is 6.10 Å². The summed E-state index contributed by atoms with van der Waals surface area (Å²) < 4.78 is 44.6. The predicted octanol–water partition coefficient (Wildman–Crippen LogP) is 2.87. The molecule has 0 amide bonds. The highest BCUT2D eigenvalue weighted by Crippen LogP contribution is 2.33. The van der Waals surface area contributed by atoms with Crippen molar-refractivity contribution in [1.82, 2.24) is 19.7 Å². The van der Waals surface area contributed by atoms with Crippen LogP contribution in [0.5, 0.6) is 0 Å². The van der Waals surface area contributed by atoms with Crippen molar-refractivity contribution >= 4 is 0 Å². The van der Waals surface area contributed by atoms with E-state index < -0.39 is 12.7 Å². The van der Waals surface area contributed by atoms with Crippen LogP contribution >= 0.6 is 0 Å². The molecule has 1 fully saturated rings. The van der Waals surface area contributed by atoms with Crippen LogP contribution in [-0.4, -0.2) is 39.1 Å². The van der Waals surface area contributed by atoms with Crippen LogP contribution in [0.2, 0.25) is 0 Å². The number of aromatic nitrogens is 4. The van der Waals surface area contributed by atoms with Crippen LogP contribution in [0.1, 0.15) is 18.7 Å². The minimum atomic E-state index is -4.34. The number of nitrogens with zero attached hydrogens (tertiary/aromatic N) is 4. The lowest BCUT2D eigenvalue weighted by Gasteiger charge is -2.35. The lowest BCUT2D eigenvalue weighted by atomic mass is 9.79. The highest BCUT2D eigenvalue weighted by molar-refractivity contribution is 5.53. The molecule has 1 saturated carbocycles. The van der Waals surface area contributed by atoms with Gasteiger partial charge < -0.3 is 4.74 Å². The molecule has 0 bridgehead atoms. The third-order valence-electron chi connectivity index (χ3n) is 4.11. The molecule has 124 valence electrons. The van der Waals surface area contributed by atoms with Gasteiger partial charge in [-0.15, -0.1) is 0 Å². The van der Waals surface area contributed by atoms with E-state index in [-0.39, 0.29) is 12.0 Å². The van der Waals surface area contributed by atoms with E-state index in [9.17, 15) is 13.2 Å². The van der Waals surface area contributed by atoms with Gasteiger partial charge in [-0.3, -0.25) is 4.98 Å². The van der Waals surface area contributed by atoms with Crippen molar-refractivity contribution in [2.45, 2.75) is 38.1 Å². The lowest BCUT2D eigenvalue weighted by Crippen LogP contribution is -2.35. The van der Waals surface area contributed by atoms with Crippen LogP contribution in [-0.2, 0) is 17.7 Å². The van der Waals surface area contributed by atoms with Gasteiger partial charge in [-0.25, -0.2) is 9.67 Å². The molecule has 0 aromatic carbocycles. The number of methoxy groups -OCH3 is 1. The summed E-state index contributed by atoms with van der Waals surface area (Å²) >= 11 is 0. The van der Waals surface area contributed by atoms with Crippen molar-refractivity contribution in [3.05, 3.63) is 30.4 Å². The van der Waals surface area contributed by atoms with E-state index in [0.717, 1.165) is 17.5 Å². The summed E-state index contributed by atoms with van der Waals surface area (Å²) in [6.07, 6.45) is 1.19. The summed E-state index contributed by atoms with van der Waals surface area (Å²) in [6.45, 7) is -1.13. The van der Waals surface area contributed by atoms with Crippen LogP contribution in [0.3, 0.4) is 0 Å². The van der Waals surface area contributed by atoms with Gasteiger partial charge in [0.15, 0.2) is 5.82 Å². The molecule has 2 heterocycles. The molecule has 2 aromatic rings. The molecule has 8 heteroatoms. The average molecular weight is 326 g/mol. The van der Waals surface area contributed by atoms with Crippen molar-refractivity contribution < 1.29 is 17.9 Å². The largest absolute Gasteiger partial charge is 0.408 e. The summed E-state index contributed by atoms with van der Waals surface area (Å²) in [7, 11) is 1.62. The van der Waals surface area contributed by atoms with E-state index in [1.807, 2.05) is 0 Å². The van der Waals surface area contributed by atoms with Gasteiger partial charge in [0.1, 0.15) is 12.4 Å². The fraction of sp³-hybridized carbons (Fsp3) is 0.533. The van der Waals surface area contributed by atoms with Gasteiger partial charge in [-0.1, -0.05) is 0 Å². The number of alkyl halides is 3. The van der Waals surface area contributed by atoms with E-state index >= 15 is 0 Å². The zero-order chi connectivity index (χ0) is 16.4. The van der Waals surface area contributed by atoms with Crippen molar-refractivity contribution in [3.63, 3.8) is 0 Å².